The van der Waals surface area contributed by atoms with E-state index < -0.39 is 10.8 Å². The fraction of sp³-hybridized carbons (Fsp3) is 0.769. The summed E-state index contributed by atoms with van der Waals surface area (Å²) in [5.74, 6) is 0.686. The maximum absolute atomic E-state index is 11.4. The Morgan fingerprint density at radius 2 is 2.39 bits per heavy atom. The van der Waals surface area contributed by atoms with Crippen LogP contribution in [0, 0.1) is 0 Å². The lowest BCUT2D eigenvalue weighted by molar-refractivity contribution is 0.326. The summed E-state index contributed by atoms with van der Waals surface area (Å²) >= 11 is 0. The summed E-state index contributed by atoms with van der Waals surface area (Å²) in [6.07, 6.45) is 9.25. The molecule has 5 heteroatoms. The monoisotopic (exact) mass is 269 g/mol. The van der Waals surface area contributed by atoms with Crippen molar-refractivity contribution in [2.45, 2.75) is 51.2 Å². The Kier molecular flexibility index (Phi) is 4.56. The number of hydrogen-bond acceptors (Lipinski definition) is 3. The average molecular weight is 269 g/mol. The quantitative estimate of drug-likeness (QED) is 0.909. The molecule has 1 aliphatic heterocycles. The first-order valence-corrected chi connectivity index (χ1v) is 8.38. The maximum atomic E-state index is 11.4. The summed E-state index contributed by atoms with van der Waals surface area (Å²) in [7, 11) is -0.769. The van der Waals surface area contributed by atoms with Crippen LogP contribution in [0.5, 0.6) is 0 Å². The number of piperidine rings is 1. The van der Waals surface area contributed by atoms with E-state index in [0.29, 0.717) is 17.8 Å². The summed E-state index contributed by atoms with van der Waals surface area (Å²) in [5.41, 5.74) is 1.24. The second kappa shape index (κ2) is 5.97. The fourth-order valence-electron chi connectivity index (χ4n) is 2.74. The molecule has 1 fully saturated rings. The van der Waals surface area contributed by atoms with Gasteiger partial charge in [-0.2, -0.15) is 0 Å². The van der Waals surface area contributed by atoms with E-state index in [9.17, 15) is 4.21 Å². The van der Waals surface area contributed by atoms with Crippen LogP contribution in [0.1, 0.15) is 50.9 Å². The number of rotatable bonds is 4. The van der Waals surface area contributed by atoms with Gasteiger partial charge in [-0.25, -0.2) is 4.98 Å². The standard InChI is InChI=1S/C13H23N3OS/c1-10-5-4-6-12(15-10)13-7-14-9-16(13)11(2)8-18(3)17/h7,9-12,15H,4-6,8H2,1-3H3. The molecule has 0 radical (unpaired) electrons. The molecule has 1 aliphatic rings. The molecule has 1 aromatic heterocycles. The fourth-order valence-corrected chi connectivity index (χ4v) is 3.58. The molecule has 4 nitrogen and oxygen atoms in total. The first-order valence-electron chi connectivity index (χ1n) is 6.65. The zero-order valence-corrected chi connectivity index (χ0v) is 12.2. The predicted molar refractivity (Wildman–Crippen MR) is 75.1 cm³/mol. The van der Waals surface area contributed by atoms with Crippen molar-refractivity contribution in [3.63, 3.8) is 0 Å². The molecule has 2 heterocycles. The van der Waals surface area contributed by atoms with Gasteiger partial charge in [0.2, 0.25) is 0 Å². The minimum absolute atomic E-state index is 0.243. The van der Waals surface area contributed by atoms with Crippen LogP contribution in [0.3, 0.4) is 0 Å². The van der Waals surface area contributed by atoms with Gasteiger partial charge in [0.05, 0.1) is 12.0 Å². The third-order valence-corrected chi connectivity index (χ3v) is 4.57. The highest BCUT2D eigenvalue weighted by molar-refractivity contribution is 7.84. The van der Waals surface area contributed by atoms with Gasteiger partial charge in [-0.05, 0) is 33.1 Å². The average Bonchev–Trinajstić information content (AvgIpc) is 2.76. The number of hydrogen-bond donors (Lipinski definition) is 1. The van der Waals surface area contributed by atoms with E-state index in [0.717, 1.165) is 6.42 Å². The second-order valence-electron chi connectivity index (χ2n) is 5.37. The normalized spacial score (nSPS) is 27.9. The molecule has 0 aliphatic carbocycles. The van der Waals surface area contributed by atoms with Crippen molar-refractivity contribution in [1.82, 2.24) is 14.9 Å². The van der Waals surface area contributed by atoms with Gasteiger partial charge in [0.25, 0.3) is 0 Å². The van der Waals surface area contributed by atoms with Crippen LogP contribution in [0.15, 0.2) is 12.5 Å². The smallest absolute Gasteiger partial charge is 0.0951 e. The van der Waals surface area contributed by atoms with E-state index in [1.54, 1.807) is 6.26 Å². The molecule has 1 saturated heterocycles. The molecular weight excluding hydrogens is 246 g/mol. The van der Waals surface area contributed by atoms with E-state index in [-0.39, 0.29) is 6.04 Å². The highest BCUT2D eigenvalue weighted by Gasteiger charge is 2.23. The van der Waals surface area contributed by atoms with Gasteiger partial charge < -0.3 is 9.88 Å². The van der Waals surface area contributed by atoms with Gasteiger partial charge in [-0.15, -0.1) is 0 Å². The van der Waals surface area contributed by atoms with Gasteiger partial charge in [-0.1, -0.05) is 0 Å². The van der Waals surface area contributed by atoms with Crippen molar-refractivity contribution in [3.05, 3.63) is 18.2 Å². The zero-order valence-electron chi connectivity index (χ0n) is 11.4. The Hall–Kier alpha value is -0.680. The number of nitrogens with one attached hydrogen (secondary N) is 1. The molecule has 1 N–H and O–H groups in total. The Bertz CT molecular complexity index is 418. The van der Waals surface area contributed by atoms with E-state index in [2.05, 4.69) is 28.7 Å². The molecule has 0 amide bonds. The highest BCUT2D eigenvalue weighted by Crippen LogP contribution is 2.27. The van der Waals surface area contributed by atoms with E-state index >= 15 is 0 Å². The number of nitrogens with zero attached hydrogens (tertiary/aromatic N) is 2. The van der Waals surface area contributed by atoms with E-state index in [4.69, 9.17) is 0 Å². The van der Waals surface area contributed by atoms with Crippen molar-refractivity contribution in [3.8, 4) is 0 Å². The molecule has 1 aromatic rings. The van der Waals surface area contributed by atoms with E-state index in [1.807, 2.05) is 12.5 Å². The summed E-state index contributed by atoms with van der Waals surface area (Å²) in [5, 5.41) is 3.63. The third-order valence-electron chi connectivity index (χ3n) is 3.62. The molecular formula is C13H23N3OS. The zero-order chi connectivity index (χ0) is 13.1. The molecule has 0 bridgehead atoms. The van der Waals surface area contributed by atoms with Gasteiger partial charge >= 0.3 is 0 Å². The van der Waals surface area contributed by atoms with Crippen molar-refractivity contribution in [2.24, 2.45) is 0 Å². The highest BCUT2D eigenvalue weighted by atomic mass is 32.2. The first-order chi connectivity index (χ1) is 8.58. The summed E-state index contributed by atoms with van der Waals surface area (Å²) < 4.78 is 13.5. The van der Waals surface area contributed by atoms with E-state index in [1.165, 1.54) is 18.5 Å². The lowest BCUT2D eigenvalue weighted by atomic mass is 9.97. The van der Waals surface area contributed by atoms with Crippen LogP contribution in [0.25, 0.3) is 0 Å². The SMILES string of the molecule is CC1CCCC(c2cncn2C(C)CS(C)=O)N1. The van der Waals surface area contributed by atoms with Gasteiger partial charge in [0, 0.05) is 47.1 Å². The summed E-state index contributed by atoms with van der Waals surface area (Å²) in [6.45, 7) is 4.34. The predicted octanol–water partition coefficient (Wildman–Crippen LogP) is 2.03. The van der Waals surface area contributed by atoms with Crippen LogP contribution >= 0.6 is 0 Å². The molecule has 102 valence electrons. The molecule has 0 spiro atoms. The summed E-state index contributed by atoms with van der Waals surface area (Å²) in [6, 6.07) is 1.21. The molecule has 4 unspecified atom stereocenters. The minimum Gasteiger partial charge on any atom is -0.329 e. The van der Waals surface area contributed by atoms with Crippen LogP contribution in [-0.2, 0) is 10.8 Å². The lowest BCUT2D eigenvalue weighted by Gasteiger charge is -2.30. The van der Waals surface area contributed by atoms with Gasteiger partial charge in [-0.3, -0.25) is 4.21 Å². The van der Waals surface area contributed by atoms with Crippen molar-refractivity contribution < 1.29 is 4.21 Å². The molecule has 0 saturated carbocycles. The number of aromatic nitrogens is 2. The maximum Gasteiger partial charge on any atom is 0.0951 e. The lowest BCUT2D eigenvalue weighted by Crippen LogP contribution is -2.36. The Morgan fingerprint density at radius 1 is 1.61 bits per heavy atom. The molecule has 2 rings (SSSR count). The van der Waals surface area contributed by atoms with Crippen molar-refractivity contribution in [2.75, 3.05) is 12.0 Å². The third kappa shape index (κ3) is 3.20. The first kappa shape index (κ1) is 13.7. The second-order valence-corrected chi connectivity index (χ2v) is 6.85. The topological polar surface area (TPSA) is 46.9 Å². The van der Waals surface area contributed by atoms with Gasteiger partial charge in [0.15, 0.2) is 0 Å². The Balaban J connectivity index is 2.13. The number of imidazole rings is 1. The minimum atomic E-state index is -0.769. The van der Waals surface area contributed by atoms with Crippen molar-refractivity contribution >= 4 is 10.8 Å². The van der Waals surface area contributed by atoms with Crippen LogP contribution < -0.4 is 5.32 Å². The molecule has 4 atom stereocenters. The van der Waals surface area contributed by atoms with Crippen LogP contribution in [-0.4, -0.2) is 31.8 Å². The van der Waals surface area contributed by atoms with Crippen LogP contribution in [0.4, 0.5) is 0 Å². The van der Waals surface area contributed by atoms with Gasteiger partial charge in [0.1, 0.15) is 0 Å². The molecule has 18 heavy (non-hydrogen) atoms. The Morgan fingerprint density at radius 3 is 3.06 bits per heavy atom. The largest absolute Gasteiger partial charge is 0.329 e. The Labute approximate surface area is 112 Å². The summed E-state index contributed by atoms with van der Waals surface area (Å²) in [4.78, 5) is 4.27. The van der Waals surface area contributed by atoms with Crippen molar-refractivity contribution in [1.29, 1.82) is 0 Å². The molecule has 0 aromatic carbocycles. The van der Waals surface area contributed by atoms with Crippen LogP contribution in [0.2, 0.25) is 0 Å².